The molecule has 0 unspecified atom stereocenters. The van der Waals surface area contributed by atoms with Crippen LogP contribution in [0.25, 0.3) is 0 Å². The lowest BCUT2D eigenvalue weighted by Gasteiger charge is -2.18. The maximum atomic E-state index is 9.19. The molecule has 1 aliphatic rings. The SMILES string of the molecule is C#CCC(C)C.CC(C)C.CC(C)C(C)C.CC(C)CC(C)(C)O.CC(C)CC1CC1.CC(C)CCO.CCC(C)C. The molecule has 0 saturated heterocycles. The van der Waals surface area contributed by atoms with Crippen molar-refractivity contribution < 1.29 is 10.2 Å². The molecule has 260 valence electrons. The first kappa shape index (κ1) is 54.0. The average molecular weight is 601 g/mol. The molecule has 1 fully saturated rings. The molecule has 0 spiro atoms. The zero-order chi connectivity index (χ0) is 35.1. The highest BCUT2D eigenvalue weighted by Crippen LogP contribution is 2.34. The Morgan fingerprint density at radius 3 is 1.05 bits per heavy atom. The van der Waals surface area contributed by atoms with Gasteiger partial charge in [-0.2, -0.15) is 0 Å². The molecule has 0 amide bonds. The molecule has 0 aromatic rings. The second kappa shape index (κ2) is 36.7. The van der Waals surface area contributed by atoms with Gasteiger partial charge in [-0.25, -0.2) is 0 Å². The minimum atomic E-state index is -0.478. The van der Waals surface area contributed by atoms with E-state index in [1.807, 2.05) is 13.8 Å². The summed E-state index contributed by atoms with van der Waals surface area (Å²) in [5.41, 5.74) is -0.478. The van der Waals surface area contributed by atoms with E-state index in [9.17, 15) is 5.11 Å². The Bertz CT molecular complexity index is 486. The van der Waals surface area contributed by atoms with Crippen LogP contribution in [0.15, 0.2) is 0 Å². The van der Waals surface area contributed by atoms with Gasteiger partial charge in [0.2, 0.25) is 0 Å². The normalized spacial score (nSPS) is 12.1. The predicted molar refractivity (Wildman–Crippen MR) is 198 cm³/mol. The molecule has 2 heteroatoms. The van der Waals surface area contributed by atoms with Crippen molar-refractivity contribution in [1.82, 2.24) is 0 Å². The summed E-state index contributed by atoms with van der Waals surface area (Å²) in [7, 11) is 0. The van der Waals surface area contributed by atoms with Crippen molar-refractivity contribution in [2.75, 3.05) is 6.61 Å². The fourth-order valence-corrected chi connectivity index (χ4v) is 2.51. The van der Waals surface area contributed by atoms with Crippen LogP contribution in [0.3, 0.4) is 0 Å². The van der Waals surface area contributed by atoms with Gasteiger partial charge in [0.15, 0.2) is 0 Å². The van der Waals surface area contributed by atoms with E-state index in [-0.39, 0.29) is 0 Å². The second-order valence-corrected chi connectivity index (χ2v) is 16.2. The van der Waals surface area contributed by atoms with Gasteiger partial charge in [0.25, 0.3) is 0 Å². The van der Waals surface area contributed by atoms with Crippen molar-refractivity contribution in [3.05, 3.63) is 0 Å². The first-order valence-corrected chi connectivity index (χ1v) is 17.7. The van der Waals surface area contributed by atoms with Crippen molar-refractivity contribution in [2.24, 2.45) is 53.3 Å². The summed E-state index contributed by atoms with van der Waals surface area (Å²) in [6, 6.07) is 0. The summed E-state index contributed by atoms with van der Waals surface area (Å²) < 4.78 is 0. The summed E-state index contributed by atoms with van der Waals surface area (Å²) in [4.78, 5) is 0. The highest BCUT2D eigenvalue weighted by Gasteiger charge is 2.21. The quantitative estimate of drug-likeness (QED) is 0.258. The Morgan fingerprint density at radius 1 is 0.667 bits per heavy atom. The number of hydrogen-bond donors (Lipinski definition) is 2. The summed E-state index contributed by atoms with van der Waals surface area (Å²) in [6.07, 6.45) is 13.5. The molecular weight excluding hydrogens is 512 g/mol. The molecule has 42 heavy (non-hydrogen) atoms. The molecule has 0 aliphatic heterocycles. The van der Waals surface area contributed by atoms with E-state index < -0.39 is 5.60 Å². The Balaban J connectivity index is -0.0000000909. The zero-order valence-electron chi connectivity index (χ0n) is 33.3. The molecule has 0 atom stereocenters. The third kappa shape index (κ3) is 106. The fraction of sp³-hybridized carbons (Fsp3) is 0.950. The number of rotatable bonds is 9. The molecule has 0 aromatic heterocycles. The van der Waals surface area contributed by atoms with E-state index in [2.05, 4.69) is 131 Å². The molecular formula is C40H88O2. The maximum absolute atomic E-state index is 9.19. The van der Waals surface area contributed by atoms with E-state index in [4.69, 9.17) is 11.5 Å². The molecule has 0 heterocycles. The highest BCUT2D eigenvalue weighted by molar-refractivity contribution is 4.84. The van der Waals surface area contributed by atoms with Crippen LogP contribution in [-0.2, 0) is 0 Å². The van der Waals surface area contributed by atoms with Crippen LogP contribution in [0.4, 0.5) is 0 Å². The van der Waals surface area contributed by atoms with Gasteiger partial charge in [0, 0.05) is 13.0 Å². The largest absolute Gasteiger partial charge is 0.396 e. The third-order valence-electron chi connectivity index (χ3n) is 5.79. The molecule has 0 aromatic carbocycles. The monoisotopic (exact) mass is 601 g/mol. The van der Waals surface area contributed by atoms with E-state index in [0.717, 1.165) is 54.8 Å². The summed E-state index contributed by atoms with van der Waals surface area (Å²) >= 11 is 0. The highest BCUT2D eigenvalue weighted by atomic mass is 16.3. The lowest BCUT2D eigenvalue weighted by molar-refractivity contribution is 0.0579. The number of terminal acetylenes is 1. The number of aliphatic hydroxyl groups is 2. The van der Waals surface area contributed by atoms with E-state index in [1.165, 1.54) is 25.7 Å². The van der Waals surface area contributed by atoms with Gasteiger partial charge in [-0.3, -0.25) is 0 Å². The van der Waals surface area contributed by atoms with Crippen molar-refractivity contribution in [2.45, 2.75) is 189 Å². The molecule has 1 rings (SSSR count). The van der Waals surface area contributed by atoms with Gasteiger partial charge in [-0.1, -0.05) is 144 Å². The van der Waals surface area contributed by atoms with Crippen LogP contribution in [0.2, 0.25) is 0 Å². The van der Waals surface area contributed by atoms with Crippen molar-refractivity contribution in [3.63, 3.8) is 0 Å². The predicted octanol–water partition coefficient (Wildman–Crippen LogP) is 12.9. The average Bonchev–Trinajstić information content (AvgIpc) is 3.57. The summed E-state index contributed by atoms with van der Waals surface area (Å²) in [6.45, 7) is 43.4. The van der Waals surface area contributed by atoms with E-state index in [1.54, 1.807) is 0 Å². The second-order valence-electron chi connectivity index (χ2n) is 16.2. The lowest BCUT2D eigenvalue weighted by atomic mass is 9.97. The molecule has 2 nitrogen and oxygen atoms in total. The van der Waals surface area contributed by atoms with Crippen LogP contribution in [0, 0.1) is 65.6 Å². The molecule has 2 N–H and O–H groups in total. The third-order valence-corrected chi connectivity index (χ3v) is 5.79. The molecule has 1 saturated carbocycles. The van der Waals surface area contributed by atoms with Gasteiger partial charge >= 0.3 is 0 Å². The van der Waals surface area contributed by atoms with Crippen molar-refractivity contribution in [3.8, 4) is 12.3 Å². The fourth-order valence-electron chi connectivity index (χ4n) is 2.51. The molecule has 0 radical (unpaired) electrons. The van der Waals surface area contributed by atoms with E-state index in [0.29, 0.717) is 24.4 Å². The lowest BCUT2D eigenvalue weighted by Crippen LogP contribution is -2.20. The van der Waals surface area contributed by atoms with Crippen LogP contribution in [-0.4, -0.2) is 22.4 Å². The Hall–Kier alpha value is -0.520. The standard InChI is InChI=1S/C7H16O.C7H14.C6H14.C6H10.C5H12O.C5H12.C4H10/c1-6(2)5-7(3,4)8;1-6(2)5-7-3-4-7;1-5(2)6(3)4;1-4-5-6(2)3;1-5(2)3-4-6;1-4-5(2)3;1-4(2)3/h6,8H,5H2,1-4H3;6-7H,3-5H2,1-2H3;5-6H,1-4H3;1,6H,5H2,2-3H3;5-6H,3-4H2,1-2H3;5H,4H2,1-3H3;4H,1-3H3. The van der Waals surface area contributed by atoms with Gasteiger partial charge in [0.05, 0.1) is 5.60 Å². The smallest absolute Gasteiger partial charge is 0.0594 e. The number of hydrogen-bond acceptors (Lipinski definition) is 2. The van der Waals surface area contributed by atoms with Crippen LogP contribution < -0.4 is 0 Å². The molecule has 1 aliphatic carbocycles. The van der Waals surface area contributed by atoms with Gasteiger partial charge < -0.3 is 10.2 Å². The van der Waals surface area contributed by atoms with Gasteiger partial charge in [0.1, 0.15) is 0 Å². The topological polar surface area (TPSA) is 40.5 Å². The van der Waals surface area contributed by atoms with Crippen molar-refractivity contribution >= 4 is 0 Å². The van der Waals surface area contributed by atoms with Crippen LogP contribution in [0.1, 0.15) is 183 Å². The summed E-state index contributed by atoms with van der Waals surface area (Å²) in [5.74, 6) is 9.95. The van der Waals surface area contributed by atoms with Gasteiger partial charge in [-0.05, 0) is 86.4 Å². The Morgan fingerprint density at radius 2 is 1.02 bits per heavy atom. The van der Waals surface area contributed by atoms with Crippen molar-refractivity contribution in [1.29, 1.82) is 0 Å². The van der Waals surface area contributed by atoms with Crippen LogP contribution in [0.5, 0.6) is 0 Å². The maximum Gasteiger partial charge on any atom is 0.0594 e. The zero-order valence-corrected chi connectivity index (χ0v) is 33.3. The molecule has 0 bridgehead atoms. The Kier molecular flexibility index (Phi) is 47.1. The minimum absolute atomic E-state index is 0.331. The Labute approximate surface area is 271 Å². The van der Waals surface area contributed by atoms with Gasteiger partial charge in [-0.15, -0.1) is 12.3 Å². The first-order chi connectivity index (χ1) is 18.9. The van der Waals surface area contributed by atoms with E-state index >= 15 is 0 Å². The number of aliphatic hydroxyl groups excluding tert-OH is 1. The van der Waals surface area contributed by atoms with Crippen LogP contribution >= 0.6 is 0 Å². The summed E-state index contributed by atoms with van der Waals surface area (Å²) in [5, 5.41) is 17.4. The minimum Gasteiger partial charge on any atom is -0.396 e. The first-order valence-electron chi connectivity index (χ1n) is 17.7.